The number of hydrogen-bond donors (Lipinski definition) is 1. The molecule has 0 unspecified atom stereocenters. The lowest BCUT2D eigenvalue weighted by Gasteiger charge is -2.11. The molecule has 6 heteroatoms. The minimum atomic E-state index is -3.75. The maximum Gasteiger partial charge on any atom is 0.335 e. The van der Waals surface area contributed by atoms with E-state index in [4.69, 9.17) is 4.74 Å². The Hall–Kier alpha value is -2.60. The molecular formula is C15H13NO4S. The minimum absolute atomic E-state index is 0.113. The Labute approximate surface area is 122 Å². The normalized spacial score (nSPS) is 10.7. The minimum Gasteiger partial charge on any atom is -0.421 e. The van der Waals surface area contributed by atoms with Crippen LogP contribution in [0.4, 0.5) is 5.69 Å². The summed E-state index contributed by atoms with van der Waals surface area (Å²) in [5, 5.41) is 0. The van der Waals surface area contributed by atoms with E-state index < -0.39 is 16.0 Å². The molecule has 2 aromatic rings. The van der Waals surface area contributed by atoms with Crippen molar-refractivity contribution in [1.82, 2.24) is 0 Å². The van der Waals surface area contributed by atoms with Crippen molar-refractivity contribution >= 4 is 21.7 Å². The lowest BCUT2D eigenvalue weighted by molar-refractivity contribution is -0.128. The van der Waals surface area contributed by atoms with E-state index in [2.05, 4.69) is 11.3 Å². The number of ether oxygens (including phenoxy) is 1. The molecule has 0 amide bonds. The molecule has 0 aliphatic rings. The van der Waals surface area contributed by atoms with Gasteiger partial charge in [0.25, 0.3) is 10.0 Å². The molecule has 5 nitrogen and oxygen atoms in total. The van der Waals surface area contributed by atoms with E-state index in [0.717, 1.165) is 6.08 Å². The van der Waals surface area contributed by atoms with E-state index in [1.807, 2.05) is 0 Å². The Bertz CT molecular complexity index is 754. The second-order valence-corrected chi connectivity index (χ2v) is 5.72. The number of sulfonamides is 1. The lowest BCUT2D eigenvalue weighted by Crippen LogP contribution is -2.14. The Kier molecular flexibility index (Phi) is 4.39. The Morgan fingerprint density at radius 3 is 2.33 bits per heavy atom. The van der Waals surface area contributed by atoms with E-state index in [1.165, 1.54) is 24.3 Å². The summed E-state index contributed by atoms with van der Waals surface area (Å²) in [6.45, 7) is 3.30. The second kappa shape index (κ2) is 6.23. The van der Waals surface area contributed by atoms with Gasteiger partial charge in [-0.15, -0.1) is 0 Å². The number of nitrogens with one attached hydrogen (secondary N) is 1. The molecular weight excluding hydrogens is 290 g/mol. The van der Waals surface area contributed by atoms with Gasteiger partial charge in [0.05, 0.1) is 10.6 Å². The third-order valence-corrected chi connectivity index (χ3v) is 3.94. The first-order chi connectivity index (χ1) is 10.0. The van der Waals surface area contributed by atoms with Crippen LogP contribution in [0.1, 0.15) is 0 Å². The van der Waals surface area contributed by atoms with Gasteiger partial charge in [0.2, 0.25) is 0 Å². The molecule has 0 saturated carbocycles. The molecule has 21 heavy (non-hydrogen) atoms. The quantitative estimate of drug-likeness (QED) is 0.523. The summed E-state index contributed by atoms with van der Waals surface area (Å²) in [6, 6.07) is 14.2. The molecule has 0 heterocycles. The van der Waals surface area contributed by atoms with Crippen molar-refractivity contribution < 1.29 is 17.9 Å². The summed E-state index contributed by atoms with van der Waals surface area (Å²) in [6.07, 6.45) is 1.00. The Morgan fingerprint density at radius 1 is 1.05 bits per heavy atom. The highest BCUT2D eigenvalue weighted by Gasteiger charge is 2.16. The monoisotopic (exact) mass is 303 g/mol. The van der Waals surface area contributed by atoms with Gasteiger partial charge in [-0.05, 0) is 24.3 Å². The predicted molar refractivity (Wildman–Crippen MR) is 79.5 cm³/mol. The number of carbonyl (C=O) groups excluding carboxylic acids is 1. The fourth-order valence-electron chi connectivity index (χ4n) is 1.59. The molecule has 1 N–H and O–H groups in total. The van der Waals surface area contributed by atoms with Gasteiger partial charge in [0.15, 0.2) is 5.75 Å². The molecule has 108 valence electrons. The van der Waals surface area contributed by atoms with Crippen LogP contribution in [0.15, 0.2) is 72.1 Å². The molecule has 0 aliphatic heterocycles. The standard InChI is InChI=1S/C15H13NO4S/c1-2-15(17)20-14-11-7-6-10-13(14)16-21(18,19)12-8-4-3-5-9-12/h2-11,16H,1H2. The van der Waals surface area contributed by atoms with Crippen LogP contribution in [0.3, 0.4) is 0 Å². The SMILES string of the molecule is C=CC(=O)Oc1ccccc1NS(=O)(=O)c1ccccc1. The van der Waals surface area contributed by atoms with Gasteiger partial charge in [0.1, 0.15) is 0 Å². The van der Waals surface area contributed by atoms with Crippen LogP contribution >= 0.6 is 0 Å². The van der Waals surface area contributed by atoms with Crippen molar-refractivity contribution in [2.24, 2.45) is 0 Å². The number of esters is 1. The van der Waals surface area contributed by atoms with Gasteiger partial charge in [0, 0.05) is 6.08 Å². The predicted octanol–water partition coefficient (Wildman–Crippen LogP) is 2.58. The van der Waals surface area contributed by atoms with Crippen molar-refractivity contribution in [2.45, 2.75) is 4.90 Å². The highest BCUT2D eigenvalue weighted by molar-refractivity contribution is 7.92. The summed E-state index contributed by atoms with van der Waals surface area (Å²) in [5.41, 5.74) is 0.177. The number of anilines is 1. The molecule has 2 rings (SSSR count). The second-order valence-electron chi connectivity index (χ2n) is 4.04. The van der Waals surface area contributed by atoms with E-state index in [1.54, 1.807) is 30.3 Å². The zero-order valence-corrected chi connectivity index (χ0v) is 11.8. The first-order valence-corrected chi connectivity index (χ1v) is 7.52. The highest BCUT2D eigenvalue weighted by Crippen LogP contribution is 2.26. The van der Waals surface area contributed by atoms with Crippen LogP contribution in [0.2, 0.25) is 0 Å². The molecule has 0 spiro atoms. The molecule has 0 fully saturated rings. The van der Waals surface area contributed by atoms with E-state index in [9.17, 15) is 13.2 Å². The number of rotatable bonds is 5. The van der Waals surface area contributed by atoms with Crippen LogP contribution in [0.5, 0.6) is 5.75 Å². The van der Waals surface area contributed by atoms with Crippen LogP contribution in [-0.4, -0.2) is 14.4 Å². The zero-order valence-electron chi connectivity index (χ0n) is 11.0. The van der Waals surface area contributed by atoms with Crippen LogP contribution < -0.4 is 9.46 Å². The average molecular weight is 303 g/mol. The van der Waals surface area contributed by atoms with E-state index >= 15 is 0 Å². The van der Waals surface area contributed by atoms with Crippen LogP contribution in [0.25, 0.3) is 0 Å². The van der Waals surface area contributed by atoms with Crippen molar-refractivity contribution in [3.05, 3.63) is 67.3 Å². The van der Waals surface area contributed by atoms with Crippen molar-refractivity contribution in [3.8, 4) is 5.75 Å². The maximum atomic E-state index is 12.2. The van der Waals surface area contributed by atoms with Gasteiger partial charge in [-0.25, -0.2) is 13.2 Å². The van der Waals surface area contributed by atoms with Gasteiger partial charge in [-0.2, -0.15) is 0 Å². The summed E-state index contributed by atoms with van der Waals surface area (Å²) in [7, 11) is -3.75. The third kappa shape index (κ3) is 3.70. The zero-order chi connectivity index (χ0) is 15.3. The molecule has 2 aromatic carbocycles. The molecule has 0 aliphatic carbocycles. The number of carbonyl (C=O) groups is 1. The van der Waals surface area contributed by atoms with Gasteiger partial charge >= 0.3 is 5.97 Å². The fourth-order valence-corrected chi connectivity index (χ4v) is 2.68. The molecule has 0 bridgehead atoms. The van der Waals surface area contributed by atoms with Crippen molar-refractivity contribution in [2.75, 3.05) is 4.72 Å². The fraction of sp³-hybridized carbons (Fsp3) is 0. The third-order valence-electron chi connectivity index (χ3n) is 2.56. The summed E-state index contributed by atoms with van der Waals surface area (Å²) in [4.78, 5) is 11.4. The first kappa shape index (κ1) is 14.8. The maximum absolute atomic E-state index is 12.2. The van der Waals surface area contributed by atoms with E-state index in [0.29, 0.717) is 0 Å². The van der Waals surface area contributed by atoms with Gasteiger partial charge in [-0.3, -0.25) is 4.72 Å². The summed E-state index contributed by atoms with van der Waals surface area (Å²) >= 11 is 0. The number of benzene rings is 2. The Morgan fingerprint density at radius 2 is 1.67 bits per heavy atom. The van der Waals surface area contributed by atoms with E-state index in [-0.39, 0.29) is 16.3 Å². The van der Waals surface area contributed by atoms with Crippen molar-refractivity contribution in [3.63, 3.8) is 0 Å². The van der Waals surface area contributed by atoms with Crippen LogP contribution in [0, 0.1) is 0 Å². The molecule has 0 aromatic heterocycles. The first-order valence-electron chi connectivity index (χ1n) is 6.04. The smallest absolute Gasteiger partial charge is 0.335 e. The topological polar surface area (TPSA) is 72.5 Å². The van der Waals surface area contributed by atoms with Crippen LogP contribution in [-0.2, 0) is 14.8 Å². The molecule has 0 radical (unpaired) electrons. The average Bonchev–Trinajstić information content (AvgIpc) is 2.50. The largest absolute Gasteiger partial charge is 0.421 e. The lowest BCUT2D eigenvalue weighted by atomic mass is 10.3. The highest BCUT2D eigenvalue weighted by atomic mass is 32.2. The number of para-hydroxylation sites is 2. The summed E-state index contributed by atoms with van der Waals surface area (Å²) in [5.74, 6) is -0.553. The molecule has 0 atom stereocenters. The molecule has 0 saturated heterocycles. The van der Waals surface area contributed by atoms with Gasteiger partial charge < -0.3 is 4.74 Å². The van der Waals surface area contributed by atoms with Crippen molar-refractivity contribution in [1.29, 1.82) is 0 Å². The summed E-state index contributed by atoms with van der Waals surface area (Å²) < 4.78 is 31.9. The number of hydrogen-bond acceptors (Lipinski definition) is 4. The Balaban J connectivity index is 2.32. The van der Waals surface area contributed by atoms with Gasteiger partial charge in [-0.1, -0.05) is 36.9 Å².